The minimum absolute atomic E-state index is 0.0647. The monoisotopic (exact) mass is 306 g/mol. The molecule has 0 spiro atoms. The molecule has 0 saturated heterocycles. The molecule has 94 valence electrons. The first-order chi connectivity index (χ1) is 8.56. The molecule has 1 aromatic carbocycles. The Kier molecular flexibility index (Phi) is 3.99. The molecule has 0 aliphatic carbocycles. The summed E-state index contributed by atoms with van der Waals surface area (Å²) >= 11 is 3.48. The van der Waals surface area contributed by atoms with Gasteiger partial charge in [0.05, 0.1) is 16.4 Å². The van der Waals surface area contributed by atoms with Gasteiger partial charge in [-0.3, -0.25) is 4.98 Å². The lowest BCUT2D eigenvalue weighted by Crippen LogP contribution is -2.06. The van der Waals surface area contributed by atoms with Crippen LogP contribution in [0.4, 0.5) is 0 Å². The van der Waals surface area contributed by atoms with E-state index < -0.39 is 0 Å². The van der Waals surface area contributed by atoms with Gasteiger partial charge in [0, 0.05) is 6.04 Å². The fraction of sp³-hybridized carbons (Fsp3) is 0.214. The number of benzene rings is 1. The summed E-state index contributed by atoms with van der Waals surface area (Å²) in [4.78, 5) is 4.26. The van der Waals surface area contributed by atoms with Crippen LogP contribution in [0, 0.1) is 6.92 Å². The quantitative estimate of drug-likeness (QED) is 0.933. The minimum Gasteiger partial charge on any atom is -0.455 e. The summed E-state index contributed by atoms with van der Waals surface area (Å²) in [6.45, 7) is 3.94. The van der Waals surface area contributed by atoms with E-state index in [0.29, 0.717) is 5.75 Å². The largest absolute Gasteiger partial charge is 0.455 e. The predicted molar refractivity (Wildman–Crippen MR) is 75.8 cm³/mol. The number of nitrogens with zero attached hydrogens (tertiary/aromatic N) is 1. The molecule has 0 saturated carbocycles. The van der Waals surface area contributed by atoms with Crippen LogP contribution in [0.15, 0.2) is 41.0 Å². The Morgan fingerprint density at radius 3 is 2.61 bits per heavy atom. The zero-order valence-corrected chi connectivity index (χ0v) is 11.9. The van der Waals surface area contributed by atoms with Gasteiger partial charge in [-0.2, -0.15) is 0 Å². The Hall–Kier alpha value is -1.39. The standard InChI is InChI=1S/C14H15BrN2O/c1-9-3-6-14(12(15)7-9)18-11-4-5-13(10(2)16)17-8-11/h3-8,10H,16H2,1-2H3. The van der Waals surface area contributed by atoms with Crippen molar-refractivity contribution in [2.75, 3.05) is 0 Å². The van der Waals surface area contributed by atoms with Crippen molar-refractivity contribution in [2.24, 2.45) is 5.73 Å². The topological polar surface area (TPSA) is 48.1 Å². The third kappa shape index (κ3) is 3.09. The van der Waals surface area contributed by atoms with Gasteiger partial charge in [-0.1, -0.05) is 6.07 Å². The van der Waals surface area contributed by atoms with Gasteiger partial charge in [-0.15, -0.1) is 0 Å². The summed E-state index contributed by atoms with van der Waals surface area (Å²) in [7, 11) is 0. The van der Waals surface area contributed by atoms with Gasteiger partial charge < -0.3 is 10.5 Å². The van der Waals surface area contributed by atoms with E-state index in [1.807, 2.05) is 44.2 Å². The molecule has 1 atom stereocenters. The maximum Gasteiger partial charge on any atom is 0.145 e. The fourth-order valence-corrected chi connectivity index (χ4v) is 2.11. The lowest BCUT2D eigenvalue weighted by molar-refractivity contribution is 0.476. The van der Waals surface area contributed by atoms with Gasteiger partial charge in [0.2, 0.25) is 0 Å². The van der Waals surface area contributed by atoms with Crippen molar-refractivity contribution in [2.45, 2.75) is 19.9 Å². The molecule has 0 fully saturated rings. The number of halogens is 1. The second kappa shape index (κ2) is 5.50. The van der Waals surface area contributed by atoms with E-state index in [4.69, 9.17) is 10.5 Å². The summed E-state index contributed by atoms with van der Waals surface area (Å²) in [5, 5.41) is 0. The molecule has 18 heavy (non-hydrogen) atoms. The normalized spacial score (nSPS) is 12.2. The van der Waals surface area contributed by atoms with Crippen LogP contribution in [0.3, 0.4) is 0 Å². The highest BCUT2D eigenvalue weighted by molar-refractivity contribution is 9.10. The second-order valence-electron chi connectivity index (χ2n) is 4.24. The zero-order chi connectivity index (χ0) is 13.1. The molecule has 2 rings (SSSR count). The molecule has 1 heterocycles. The number of pyridine rings is 1. The van der Waals surface area contributed by atoms with Crippen molar-refractivity contribution in [3.8, 4) is 11.5 Å². The molecule has 1 aromatic heterocycles. The first-order valence-corrected chi connectivity index (χ1v) is 6.51. The van der Waals surface area contributed by atoms with Gasteiger partial charge in [0.25, 0.3) is 0 Å². The number of nitrogens with two attached hydrogens (primary N) is 1. The first-order valence-electron chi connectivity index (χ1n) is 5.72. The maximum atomic E-state index is 5.75. The average Bonchev–Trinajstić information content (AvgIpc) is 2.33. The van der Waals surface area contributed by atoms with Crippen LogP contribution in [0.5, 0.6) is 11.5 Å². The van der Waals surface area contributed by atoms with Crippen LogP contribution >= 0.6 is 15.9 Å². The van der Waals surface area contributed by atoms with Crippen molar-refractivity contribution in [3.63, 3.8) is 0 Å². The van der Waals surface area contributed by atoms with Crippen molar-refractivity contribution in [3.05, 3.63) is 52.3 Å². The molecule has 4 heteroatoms. The van der Waals surface area contributed by atoms with Crippen molar-refractivity contribution in [1.29, 1.82) is 0 Å². The smallest absolute Gasteiger partial charge is 0.145 e. The molecule has 0 bridgehead atoms. The Balaban J connectivity index is 2.18. The van der Waals surface area contributed by atoms with Crippen molar-refractivity contribution in [1.82, 2.24) is 4.98 Å². The van der Waals surface area contributed by atoms with E-state index in [1.165, 1.54) is 5.56 Å². The molecule has 1 unspecified atom stereocenters. The average molecular weight is 307 g/mol. The number of aromatic nitrogens is 1. The Labute approximate surface area is 115 Å². The van der Waals surface area contributed by atoms with E-state index in [-0.39, 0.29) is 6.04 Å². The summed E-state index contributed by atoms with van der Waals surface area (Å²) in [5.41, 5.74) is 7.78. The van der Waals surface area contributed by atoms with Crippen LogP contribution < -0.4 is 10.5 Å². The predicted octanol–water partition coefficient (Wildman–Crippen LogP) is 3.96. The van der Waals surface area contributed by atoms with Crippen LogP contribution in [0.2, 0.25) is 0 Å². The SMILES string of the molecule is Cc1ccc(Oc2ccc(C(C)N)nc2)c(Br)c1. The van der Waals surface area contributed by atoms with Gasteiger partial charge >= 0.3 is 0 Å². The number of ether oxygens (including phenoxy) is 1. The molecule has 3 nitrogen and oxygen atoms in total. The number of hydrogen-bond donors (Lipinski definition) is 1. The van der Waals surface area contributed by atoms with Crippen LogP contribution in [0.1, 0.15) is 24.2 Å². The fourth-order valence-electron chi connectivity index (χ4n) is 1.54. The Morgan fingerprint density at radius 2 is 2.06 bits per heavy atom. The third-order valence-corrected chi connectivity index (χ3v) is 3.16. The van der Waals surface area contributed by atoms with E-state index in [2.05, 4.69) is 20.9 Å². The molecular formula is C14H15BrN2O. The number of hydrogen-bond acceptors (Lipinski definition) is 3. The lowest BCUT2D eigenvalue weighted by atomic mass is 10.2. The Bertz CT molecular complexity index is 538. The summed E-state index contributed by atoms with van der Waals surface area (Å²) in [6.07, 6.45) is 1.69. The summed E-state index contributed by atoms with van der Waals surface area (Å²) in [6, 6.07) is 9.63. The lowest BCUT2D eigenvalue weighted by Gasteiger charge is -2.09. The van der Waals surface area contributed by atoms with E-state index in [1.54, 1.807) is 6.20 Å². The zero-order valence-electron chi connectivity index (χ0n) is 10.4. The highest BCUT2D eigenvalue weighted by Crippen LogP contribution is 2.30. The van der Waals surface area contributed by atoms with Crippen molar-refractivity contribution < 1.29 is 4.74 Å². The van der Waals surface area contributed by atoms with Gasteiger partial charge in [-0.25, -0.2) is 0 Å². The molecule has 0 radical (unpaired) electrons. The van der Waals surface area contributed by atoms with E-state index in [0.717, 1.165) is 15.9 Å². The second-order valence-corrected chi connectivity index (χ2v) is 5.10. The number of aryl methyl sites for hydroxylation is 1. The Morgan fingerprint density at radius 1 is 1.28 bits per heavy atom. The van der Waals surface area contributed by atoms with Crippen LogP contribution in [-0.4, -0.2) is 4.98 Å². The molecule has 2 aromatic rings. The van der Waals surface area contributed by atoms with E-state index in [9.17, 15) is 0 Å². The summed E-state index contributed by atoms with van der Waals surface area (Å²) < 4.78 is 6.68. The third-order valence-electron chi connectivity index (χ3n) is 2.54. The van der Waals surface area contributed by atoms with Gasteiger partial charge in [0.1, 0.15) is 11.5 Å². The molecule has 2 N–H and O–H groups in total. The maximum absolute atomic E-state index is 5.75. The number of rotatable bonds is 3. The first kappa shape index (κ1) is 13.1. The summed E-state index contributed by atoms with van der Waals surface area (Å²) in [5.74, 6) is 1.47. The van der Waals surface area contributed by atoms with E-state index >= 15 is 0 Å². The van der Waals surface area contributed by atoms with Gasteiger partial charge in [-0.05, 0) is 59.6 Å². The molecule has 0 aliphatic heterocycles. The molecule has 0 amide bonds. The molecular weight excluding hydrogens is 292 g/mol. The minimum atomic E-state index is -0.0647. The highest BCUT2D eigenvalue weighted by atomic mass is 79.9. The van der Waals surface area contributed by atoms with Gasteiger partial charge in [0.15, 0.2) is 0 Å². The van der Waals surface area contributed by atoms with Crippen molar-refractivity contribution >= 4 is 15.9 Å². The highest BCUT2D eigenvalue weighted by Gasteiger charge is 2.05. The van der Waals surface area contributed by atoms with Crippen LogP contribution in [0.25, 0.3) is 0 Å². The van der Waals surface area contributed by atoms with Crippen LogP contribution in [-0.2, 0) is 0 Å². The molecule has 0 aliphatic rings.